The minimum Gasteiger partial charge on any atom is -0.477 e. The molecule has 5 aliphatic heterocycles. The Bertz CT molecular complexity index is 3500. The van der Waals surface area contributed by atoms with Crippen LogP contribution in [0.3, 0.4) is 0 Å². The summed E-state index contributed by atoms with van der Waals surface area (Å²) in [5, 5.41) is 12.2. The van der Waals surface area contributed by atoms with Crippen LogP contribution < -0.4 is 23.7 Å². The Labute approximate surface area is 518 Å². The highest BCUT2D eigenvalue weighted by atomic mass is 16.6. The van der Waals surface area contributed by atoms with Gasteiger partial charge in [-0.3, -0.25) is 14.5 Å². The first-order chi connectivity index (χ1) is 42.5. The molecule has 3 aromatic rings. The molecule has 4 saturated carbocycles. The molecule has 14 heteroatoms. The highest BCUT2D eigenvalue weighted by Gasteiger charge is 2.72. The number of ketones is 2. The monoisotopic (exact) mass is 1190 g/mol. The number of hydrogen-bond donors (Lipinski definition) is 1. The second kappa shape index (κ2) is 23.6. The molecule has 11 atom stereocenters. The van der Waals surface area contributed by atoms with Crippen LogP contribution in [0.15, 0.2) is 115 Å². The summed E-state index contributed by atoms with van der Waals surface area (Å²) in [6.07, 6.45) is 36.6. The lowest BCUT2D eigenvalue weighted by Crippen LogP contribution is -2.72. The van der Waals surface area contributed by atoms with Crippen LogP contribution >= 0.6 is 0 Å². The number of benzene rings is 3. The van der Waals surface area contributed by atoms with E-state index in [1.54, 1.807) is 30.4 Å². The average Bonchev–Trinajstić information content (AvgIpc) is 1.41. The molecule has 0 amide bonds. The summed E-state index contributed by atoms with van der Waals surface area (Å²) in [5.74, 6) is 3.42. The lowest BCUT2D eigenvalue weighted by molar-refractivity contribution is -0.169. The van der Waals surface area contributed by atoms with Crippen LogP contribution in [-0.4, -0.2) is 125 Å². The number of fused-ring (bicyclic) bond motifs is 1. The highest BCUT2D eigenvalue weighted by molar-refractivity contribution is 5.94. The first kappa shape index (κ1) is 60.2. The third-order valence-electron chi connectivity index (χ3n) is 23.4. The van der Waals surface area contributed by atoms with Gasteiger partial charge in [0.15, 0.2) is 46.3 Å². The predicted octanol–water partition coefficient (Wildman–Crippen LogP) is 11.0. The number of aliphatic hydroxyl groups is 1. The fraction of sp³-hybridized carbons (Fsp3) is 0.527. The molecular weight excluding hydrogens is 1110 g/mol. The molecule has 464 valence electrons. The molecule has 2 spiro atoms. The van der Waals surface area contributed by atoms with E-state index in [1.165, 1.54) is 59.7 Å². The van der Waals surface area contributed by atoms with Crippen LogP contribution in [-0.2, 0) is 59.5 Å². The topological polar surface area (TPSA) is 161 Å². The van der Waals surface area contributed by atoms with Gasteiger partial charge < -0.3 is 38.6 Å². The van der Waals surface area contributed by atoms with Crippen molar-refractivity contribution in [2.24, 2.45) is 17.8 Å². The van der Waals surface area contributed by atoms with Gasteiger partial charge in [0.2, 0.25) is 0 Å². The molecule has 3 saturated heterocycles. The molecule has 6 bridgehead atoms. The summed E-state index contributed by atoms with van der Waals surface area (Å²) in [4.78, 5) is 70.2. The molecule has 0 unspecified atom stereocenters. The van der Waals surface area contributed by atoms with E-state index < -0.39 is 29.2 Å². The number of piperidine rings is 3. The Kier molecular flexibility index (Phi) is 16.1. The number of hydrogen-bond acceptors (Lipinski definition) is 14. The van der Waals surface area contributed by atoms with E-state index in [0.717, 1.165) is 120 Å². The minimum absolute atomic E-state index is 0.173. The summed E-state index contributed by atoms with van der Waals surface area (Å²) in [6, 6.07) is 15.0. The first-order valence-corrected chi connectivity index (χ1v) is 32.8. The third kappa shape index (κ3) is 9.58. The molecular formula is C74H87N3O11. The number of allylic oxidation sites excluding steroid dienone is 9. The minimum atomic E-state index is -0.879. The maximum Gasteiger partial charge on any atom is 0.336 e. The van der Waals surface area contributed by atoms with Gasteiger partial charge in [-0.1, -0.05) is 92.1 Å². The normalized spacial score (nSPS) is 33.8. The summed E-state index contributed by atoms with van der Waals surface area (Å²) in [5.41, 5.74) is 4.99. The zero-order valence-corrected chi connectivity index (χ0v) is 52.2. The predicted molar refractivity (Wildman–Crippen MR) is 336 cm³/mol. The van der Waals surface area contributed by atoms with Crippen LogP contribution in [0.2, 0.25) is 0 Å². The molecule has 5 heterocycles. The molecule has 14 nitrogen and oxygen atoms in total. The van der Waals surface area contributed by atoms with Crippen molar-refractivity contribution >= 4 is 29.5 Å². The zero-order chi connectivity index (χ0) is 61.3. The Hall–Kier alpha value is -6.71. The van der Waals surface area contributed by atoms with Gasteiger partial charge in [0, 0.05) is 77.7 Å². The number of carbonyl (C=O) groups is 5. The Morgan fingerprint density at radius 2 is 1.24 bits per heavy atom. The lowest BCUT2D eigenvalue weighted by atomic mass is 9.47. The van der Waals surface area contributed by atoms with E-state index in [0.29, 0.717) is 65.5 Å². The van der Waals surface area contributed by atoms with Crippen molar-refractivity contribution in [2.45, 2.75) is 189 Å². The first-order valence-electron chi connectivity index (χ1n) is 32.8. The van der Waals surface area contributed by atoms with E-state index in [2.05, 4.69) is 53.1 Å². The van der Waals surface area contributed by atoms with Crippen molar-refractivity contribution in [3.63, 3.8) is 0 Å². The number of ether oxygens (including phenoxy) is 5. The number of rotatable bonds is 11. The van der Waals surface area contributed by atoms with E-state index in [-0.39, 0.29) is 39.8 Å². The largest absolute Gasteiger partial charge is 0.477 e. The van der Waals surface area contributed by atoms with Crippen LogP contribution in [0.25, 0.3) is 0 Å². The van der Waals surface area contributed by atoms with Crippen LogP contribution in [0, 0.1) is 17.8 Å². The molecule has 12 aliphatic rings. The van der Waals surface area contributed by atoms with Crippen LogP contribution in [0.1, 0.15) is 151 Å². The molecule has 7 aliphatic carbocycles. The molecule has 1 N–H and O–H groups in total. The molecule has 3 aromatic carbocycles. The van der Waals surface area contributed by atoms with Gasteiger partial charge in [-0.2, -0.15) is 0 Å². The SMILES string of the molecule is C/C=C/C=C/C(=O)Oc1ccc2c(c1)[C@@]13CCCC[C@@]1(O)[C@@H](C2)N(CC1CCC1)CC3.C/C=C/C=C/C(=O)Oc1ccc2c3c1O[C@@]1(C)C(=O)CC[C@H]4[C@@H](C2)N(C)CC[C@@]341.C/C=C/C=C/C(=O)Oc1ccc2c3c1O[C@H]1C(=O)CC[C@H]4[C@@H](C2)N(C)CC[C@]314. The number of likely N-dealkylation sites (N-methyl/N-ethyl adjacent to an activating group) is 2. The summed E-state index contributed by atoms with van der Waals surface area (Å²) < 4.78 is 29.7. The van der Waals surface area contributed by atoms with Crippen LogP contribution in [0.4, 0.5) is 0 Å². The number of likely N-dealkylation sites (tertiary alicyclic amines) is 3. The maximum atomic E-state index is 13.2. The van der Waals surface area contributed by atoms with Crippen molar-refractivity contribution in [3.8, 4) is 28.7 Å². The second-order valence-electron chi connectivity index (χ2n) is 27.4. The smallest absolute Gasteiger partial charge is 0.336 e. The van der Waals surface area contributed by atoms with Gasteiger partial charge in [0.25, 0.3) is 0 Å². The fourth-order valence-corrected chi connectivity index (χ4v) is 19.1. The molecule has 0 radical (unpaired) electrons. The Balaban J connectivity index is 0.000000122. The van der Waals surface area contributed by atoms with Gasteiger partial charge >= 0.3 is 17.9 Å². The number of esters is 3. The summed E-state index contributed by atoms with van der Waals surface area (Å²) in [7, 11) is 4.39. The summed E-state index contributed by atoms with van der Waals surface area (Å²) >= 11 is 0. The molecule has 7 fully saturated rings. The van der Waals surface area contributed by atoms with Crippen molar-refractivity contribution in [2.75, 3.05) is 40.3 Å². The lowest BCUT2D eigenvalue weighted by Gasteiger charge is -2.64. The van der Waals surface area contributed by atoms with E-state index >= 15 is 0 Å². The third-order valence-corrected chi connectivity index (χ3v) is 23.4. The van der Waals surface area contributed by atoms with Crippen molar-refractivity contribution in [3.05, 3.63) is 149 Å². The summed E-state index contributed by atoms with van der Waals surface area (Å²) in [6.45, 7) is 11.8. The molecule has 88 heavy (non-hydrogen) atoms. The molecule has 0 aromatic heterocycles. The number of nitrogens with zero attached hydrogens (tertiary/aromatic N) is 3. The Morgan fingerprint density at radius 1 is 0.636 bits per heavy atom. The maximum absolute atomic E-state index is 13.2. The van der Waals surface area contributed by atoms with Gasteiger partial charge in [0.05, 0.1) is 11.0 Å². The van der Waals surface area contributed by atoms with Gasteiger partial charge in [-0.15, -0.1) is 0 Å². The zero-order valence-electron chi connectivity index (χ0n) is 52.2. The quantitative estimate of drug-likeness (QED) is 0.0835. The van der Waals surface area contributed by atoms with Gasteiger partial charge in [-0.05, 0) is 203 Å². The van der Waals surface area contributed by atoms with E-state index in [4.69, 9.17) is 23.7 Å². The van der Waals surface area contributed by atoms with Crippen molar-refractivity contribution in [1.29, 1.82) is 0 Å². The van der Waals surface area contributed by atoms with Gasteiger partial charge in [0.1, 0.15) is 5.75 Å². The van der Waals surface area contributed by atoms with E-state index in [9.17, 15) is 29.1 Å². The average molecular weight is 1190 g/mol. The van der Waals surface area contributed by atoms with Gasteiger partial charge in [-0.25, -0.2) is 14.4 Å². The second-order valence-corrected chi connectivity index (χ2v) is 27.4. The van der Waals surface area contributed by atoms with Crippen LogP contribution in [0.5, 0.6) is 28.7 Å². The fourth-order valence-electron chi connectivity index (χ4n) is 19.1. The van der Waals surface area contributed by atoms with Crippen molar-refractivity contribution < 1.29 is 52.8 Å². The van der Waals surface area contributed by atoms with E-state index in [1.807, 2.05) is 70.2 Å². The highest BCUT2D eigenvalue weighted by Crippen LogP contribution is 2.68. The standard InChI is InChI=1S/C27H35NO3.C24H27NO4.C23H25NO4/c1-2-3-4-10-25(29)31-22-12-11-21-17-24-27(30)14-6-5-13-26(27,23(21)18-22)15-16-28(24)19-20-8-7-9-20;1-4-5-6-7-20(27)28-18-10-8-15-14-17-16-9-11-19(26)23(2)24(16,12-13-25(17)3)21(15)22(18)29-23;1-3-4-5-6-19(26)27-18-10-7-14-13-16-15-8-9-17(25)22-23(15,11-12-24(16)2)20(14)21(18)28-22/h2-4,10-12,18,20,24,30H,5-9,13-17,19H2,1H3;4-8,10,16-17H,9,11-14H2,1-3H3;3-7,10,15-16,22H,8-9,11-13H2,1-2H3/b3-2+,10-4+;5-4+,7-6+;4-3+,6-5+/t24-,26+,27-;16-,17+,23-,24-;15-,16+,22-,23-/m100/s1. The number of Topliss-reactive ketones (excluding diaryl/α,β-unsaturated/α-hetero) is 2. The number of carbonyl (C=O) groups excluding carboxylic acids is 5. The molecule has 15 rings (SSSR count). The van der Waals surface area contributed by atoms with Crippen molar-refractivity contribution in [1.82, 2.24) is 14.7 Å². The Morgan fingerprint density at radius 3 is 1.90 bits per heavy atom.